The van der Waals surface area contributed by atoms with Crippen molar-refractivity contribution < 1.29 is 52.8 Å². The number of rotatable bonds is 9. The van der Waals surface area contributed by atoms with Gasteiger partial charge in [-0.15, -0.1) is 10.1 Å². The average Bonchev–Trinajstić information content (AvgIpc) is 3.20. The number of carbonyl (C=O) groups excluding carboxylic acids is 8. The van der Waals surface area contributed by atoms with Crippen LogP contribution in [0.25, 0.3) is 0 Å². The summed E-state index contributed by atoms with van der Waals surface area (Å²) in [7, 11) is 0. The third kappa shape index (κ3) is 7.64. The van der Waals surface area contributed by atoms with Gasteiger partial charge in [-0.25, -0.2) is 9.59 Å². The van der Waals surface area contributed by atoms with Crippen molar-refractivity contribution in [3.05, 3.63) is 0 Å². The van der Waals surface area contributed by atoms with Crippen LogP contribution in [0.3, 0.4) is 0 Å². The van der Waals surface area contributed by atoms with Crippen LogP contribution >= 0.6 is 0 Å². The van der Waals surface area contributed by atoms with Crippen LogP contribution in [0.1, 0.15) is 59.3 Å². The van der Waals surface area contributed by atoms with Gasteiger partial charge in [0.15, 0.2) is 0 Å². The molecule has 2 rings (SSSR count). The molecule has 0 aliphatic carbocycles. The van der Waals surface area contributed by atoms with Crippen LogP contribution in [0.2, 0.25) is 0 Å². The maximum absolute atomic E-state index is 12.6. The predicted octanol–water partition coefficient (Wildman–Crippen LogP) is -0.849. The molecule has 2 aliphatic rings. The van der Waals surface area contributed by atoms with Crippen LogP contribution in [0.4, 0.5) is 0 Å². The minimum Gasteiger partial charge on any atom is -0.460 e. The number of amides is 5. The summed E-state index contributed by atoms with van der Waals surface area (Å²) >= 11 is 0. The Hall–Kier alpha value is -3.84. The van der Waals surface area contributed by atoms with E-state index >= 15 is 0 Å². The molecule has 2 fully saturated rings. The van der Waals surface area contributed by atoms with Gasteiger partial charge < -0.3 is 19.3 Å². The Morgan fingerprint density at radius 3 is 1.44 bits per heavy atom. The van der Waals surface area contributed by atoms with E-state index in [2.05, 4.69) is 0 Å². The third-order valence-electron chi connectivity index (χ3n) is 4.35. The Bertz CT molecular complexity index is 837. The van der Waals surface area contributed by atoms with E-state index in [1.54, 1.807) is 20.8 Å². The highest BCUT2D eigenvalue weighted by Crippen LogP contribution is 2.15. The lowest BCUT2D eigenvalue weighted by atomic mass is 10.2. The van der Waals surface area contributed by atoms with Crippen molar-refractivity contribution in [2.45, 2.75) is 64.9 Å². The van der Waals surface area contributed by atoms with Gasteiger partial charge in [-0.1, -0.05) is 0 Å². The van der Waals surface area contributed by atoms with Crippen molar-refractivity contribution in [1.82, 2.24) is 15.0 Å². The number of hydrogen-bond donors (Lipinski definition) is 0. The first-order valence-corrected chi connectivity index (χ1v) is 10.4. The second kappa shape index (κ2) is 10.9. The second-order valence-electron chi connectivity index (χ2n) is 8.43. The van der Waals surface area contributed by atoms with Crippen molar-refractivity contribution in [1.29, 1.82) is 0 Å². The van der Waals surface area contributed by atoms with Gasteiger partial charge >= 0.3 is 17.9 Å². The number of nitrogens with zero attached hydrogens (tertiary/aromatic N) is 3. The Balaban J connectivity index is 2.03. The van der Waals surface area contributed by atoms with Crippen LogP contribution in [-0.2, 0) is 52.8 Å². The van der Waals surface area contributed by atoms with Gasteiger partial charge in [0, 0.05) is 32.1 Å². The lowest BCUT2D eigenvalue weighted by molar-refractivity contribution is -0.201. The molecule has 0 aromatic rings. The quantitative estimate of drug-likeness (QED) is 0.295. The normalized spacial score (nSPS) is 16.1. The minimum absolute atomic E-state index is 0.144. The molecule has 14 heteroatoms. The molecule has 14 nitrogen and oxygen atoms in total. The highest BCUT2D eigenvalue weighted by atomic mass is 16.7. The fourth-order valence-electron chi connectivity index (χ4n) is 2.88. The summed E-state index contributed by atoms with van der Waals surface area (Å²) in [5.74, 6) is -6.97. The number of hydrogen-bond acceptors (Lipinski definition) is 11. The molecule has 0 spiro atoms. The van der Waals surface area contributed by atoms with E-state index in [1.165, 1.54) is 0 Å². The van der Waals surface area contributed by atoms with Crippen LogP contribution in [-0.4, -0.2) is 81.2 Å². The van der Waals surface area contributed by atoms with Crippen molar-refractivity contribution in [3.8, 4) is 0 Å². The molecule has 0 aromatic heterocycles. The summed E-state index contributed by atoms with van der Waals surface area (Å²) in [4.78, 5) is 105. The van der Waals surface area contributed by atoms with Gasteiger partial charge in [-0.3, -0.25) is 28.8 Å². The van der Waals surface area contributed by atoms with E-state index in [4.69, 9.17) is 14.4 Å². The Kier molecular flexibility index (Phi) is 8.43. The maximum atomic E-state index is 12.6. The first kappa shape index (κ1) is 26.4. The molecule has 0 aromatic carbocycles. The van der Waals surface area contributed by atoms with E-state index < -0.39 is 72.6 Å². The maximum Gasteiger partial charge on any atom is 0.352 e. The molecule has 0 bridgehead atoms. The van der Waals surface area contributed by atoms with E-state index in [-0.39, 0.29) is 42.2 Å². The summed E-state index contributed by atoms with van der Waals surface area (Å²) in [6.45, 7) is 3.12. The summed E-state index contributed by atoms with van der Waals surface area (Å²) in [5.41, 5.74) is -0.795. The Morgan fingerprint density at radius 2 is 1.09 bits per heavy atom. The van der Waals surface area contributed by atoms with E-state index in [0.29, 0.717) is 4.90 Å². The average molecular weight is 483 g/mol. The smallest absolute Gasteiger partial charge is 0.352 e. The molecule has 186 valence electrons. The van der Waals surface area contributed by atoms with Gasteiger partial charge in [-0.05, 0) is 20.8 Å². The zero-order valence-electron chi connectivity index (χ0n) is 19.0. The SMILES string of the molecule is CC(C)(C)OC(=O)CCC(=O)N(CC(=O)ON1C(=O)CCC1=O)CC(=O)ON1C(=O)CCC1=O. The van der Waals surface area contributed by atoms with Crippen molar-refractivity contribution in [3.63, 3.8) is 0 Å². The largest absolute Gasteiger partial charge is 0.460 e. The predicted molar refractivity (Wildman–Crippen MR) is 106 cm³/mol. The summed E-state index contributed by atoms with van der Waals surface area (Å²) < 4.78 is 5.10. The molecule has 2 heterocycles. The minimum atomic E-state index is -1.21. The topological polar surface area (TPSA) is 174 Å². The highest BCUT2D eigenvalue weighted by Gasteiger charge is 2.36. The Labute approximate surface area is 193 Å². The number of carbonyl (C=O) groups is 8. The molecule has 0 saturated carbocycles. The molecular formula is C20H25N3O11. The van der Waals surface area contributed by atoms with Crippen molar-refractivity contribution >= 4 is 47.4 Å². The van der Waals surface area contributed by atoms with Gasteiger partial charge in [0.2, 0.25) is 5.91 Å². The zero-order chi connectivity index (χ0) is 25.6. The summed E-state index contributed by atoms with van der Waals surface area (Å²) in [6.07, 6.45) is -1.41. The lowest BCUT2D eigenvalue weighted by Gasteiger charge is -2.23. The van der Waals surface area contributed by atoms with Gasteiger partial charge in [0.25, 0.3) is 23.6 Å². The Morgan fingerprint density at radius 1 is 0.706 bits per heavy atom. The molecule has 2 aliphatic heterocycles. The van der Waals surface area contributed by atoms with Gasteiger partial charge in [0.1, 0.15) is 18.7 Å². The molecule has 34 heavy (non-hydrogen) atoms. The first-order chi connectivity index (χ1) is 15.8. The fourth-order valence-corrected chi connectivity index (χ4v) is 2.88. The van der Waals surface area contributed by atoms with E-state index in [1.807, 2.05) is 0 Å². The van der Waals surface area contributed by atoms with E-state index in [9.17, 15) is 38.4 Å². The fraction of sp³-hybridized carbons (Fsp3) is 0.600. The number of esters is 1. The number of imide groups is 2. The van der Waals surface area contributed by atoms with Crippen molar-refractivity contribution in [2.24, 2.45) is 0 Å². The van der Waals surface area contributed by atoms with Crippen molar-refractivity contribution in [2.75, 3.05) is 13.1 Å². The summed E-state index contributed by atoms with van der Waals surface area (Å²) in [6, 6.07) is 0. The van der Waals surface area contributed by atoms with E-state index in [0.717, 1.165) is 0 Å². The van der Waals surface area contributed by atoms with Gasteiger partial charge in [-0.2, -0.15) is 0 Å². The first-order valence-electron chi connectivity index (χ1n) is 10.4. The molecule has 5 amide bonds. The molecule has 2 saturated heterocycles. The molecule has 0 atom stereocenters. The summed E-state index contributed by atoms with van der Waals surface area (Å²) in [5, 5.41) is 0.539. The molecule has 0 radical (unpaired) electrons. The molecular weight excluding hydrogens is 458 g/mol. The molecule has 0 unspecified atom stereocenters. The monoisotopic (exact) mass is 483 g/mol. The van der Waals surface area contributed by atoms with Crippen LogP contribution < -0.4 is 0 Å². The van der Waals surface area contributed by atoms with Crippen LogP contribution in [0.5, 0.6) is 0 Å². The van der Waals surface area contributed by atoms with Crippen LogP contribution in [0, 0.1) is 0 Å². The zero-order valence-corrected chi connectivity index (χ0v) is 19.0. The second-order valence-corrected chi connectivity index (χ2v) is 8.43. The molecule has 0 N–H and O–H groups in total. The third-order valence-corrected chi connectivity index (χ3v) is 4.35. The number of ether oxygens (including phenoxy) is 1. The van der Waals surface area contributed by atoms with Gasteiger partial charge in [0.05, 0.1) is 6.42 Å². The van der Waals surface area contributed by atoms with Crippen LogP contribution in [0.15, 0.2) is 0 Å². The number of hydroxylamine groups is 4. The standard InChI is InChI=1S/C20H25N3O11/c1-20(2,3)32-17(29)9-8-12(24)21(10-18(30)33-22-13(25)4-5-14(22)26)11-19(31)34-23-15(27)6-7-16(23)28/h4-11H2,1-3H3. The lowest BCUT2D eigenvalue weighted by Crippen LogP contribution is -2.44. The highest BCUT2D eigenvalue weighted by molar-refractivity contribution is 6.02.